The molecule has 0 aromatic heterocycles. The van der Waals surface area contributed by atoms with Gasteiger partial charge in [-0.25, -0.2) is 0 Å². The number of aliphatic hydroxyl groups is 1. The highest BCUT2D eigenvalue weighted by Crippen LogP contribution is 2.17. The lowest BCUT2D eigenvalue weighted by Gasteiger charge is -2.12. The zero-order chi connectivity index (χ0) is 15.7. The van der Waals surface area contributed by atoms with Crippen LogP contribution in [0.25, 0.3) is 0 Å². The molecule has 2 N–H and O–H groups in total. The minimum Gasteiger partial charge on any atom is -0.395 e. The van der Waals surface area contributed by atoms with Crippen LogP contribution in [0.15, 0.2) is 18.2 Å². The van der Waals surface area contributed by atoms with E-state index in [9.17, 15) is 4.79 Å². The summed E-state index contributed by atoms with van der Waals surface area (Å²) in [6.45, 7) is 4.54. The van der Waals surface area contributed by atoms with Gasteiger partial charge in [0.1, 0.15) is 0 Å². The Balaban J connectivity index is 2.79. The molecule has 1 unspecified atom stereocenters. The largest absolute Gasteiger partial charge is 0.395 e. The molecule has 1 aromatic carbocycles. The standard InChI is InChI=1S/C17H23NO3/c1-13-7-8-15(6-4-5-9-19)16(10-13)18-17(20)11-14(2)12-21-3/h7-8,10,14,19H,5,9,11-12H2,1-3H3,(H,18,20). The lowest BCUT2D eigenvalue weighted by atomic mass is 10.1. The number of aliphatic hydroxyl groups excluding tert-OH is 1. The van der Waals surface area contributed by atoms with Gasteiger partial charge in [-0.05, 0) is 30.5 Å². The molecular weight excluding hydrogens is 266 g/mol. The highest BCUT2D eigenvalue weighted by Gasteiger charge is 2.11. The van der Waals surface area contributed by atoms with Crippen molar-refractivity contribution in [2.75, 3.05) is 25.6 Å². The fraction of sp³-hybridized carbons (Fsp3) is 0.471. The van der Waals surface area contributed by atoms with E-state index in [0.717, 1.165) is 16.8 Å². The van der Waals surface area contributed by atoms with Crippen LogP contribution in [0.3, 0.4) is 0 Å². The van der Waals surface area contributed by atoms with Gasteiger partial charge in [-0.2, -0.15) is 0 Å². The maximum absolute atomic E-state index is 12.0. The first-order valence-electron chi connectivity index (χ1n) is 7.06. The summed E-state index contributed by atoms with van der Waals surface area (Å²) in [5, 5.41) is 11.7. The van der Waals surface area contributed by atoms with E-state index >= 15 is 0 Å². The van der Waals surface area contributed by atoms with Gasteiger partial charge in [0.2, 0.25) is 5.91 Å². The topological polar surface area (TPSA) is 58.6 Å². The molecule has 1 amide bonds. The van der Waals surface area contributed by atoms with Gasteiger partial charge in [0, 0.05) is 32.1 Å². The molecule has 1 rings (SSSR count). The number of ether oxygens (including phenoxy) is 1. The van der Waals surface area contributed by atoms with Crippen LogP contribution in [-0.4, -0.2) is 31.3 Å². The molecule has 4 heteroatoms. The lowest BCUT2D eigenvalue weighted by Crippen LogP contribution is -2.18. The normalized spacial score (nSPS) is 11.4. The predicted octanol–water partition coefficient (Wildman–Crippen LogP) is 2.34. The number of carbonyl (C=O) groups excluding carboxylic acids is 1. The number of amides is 1. The average molecular weight is 289 g/mol. The number of aryl methyl sites for hydroxylation is 1. The molecule has 21 heavy (non-hydrogen) atoms. The summed E-state index contributed by atoms with van der Waals surface area (Å²) in [6.07, 6.45) is 0.831. The number of carbonyl (C=O) groups is 1. The zero-order valence-corrected chi connectivity index (χ0v) is 12.9. The van der Waals surface area contributed by atoms with Crippen molar-refractivity contribution >= 4 is 11.6 Å². The molecule has 0 saturated heterocycles. The Morgan fingerprint density at radius 1 is 1.48 bits per heavy atom. The summed E-state index contributed by atoms with van der Waals surface area (Å²) < 4.78 is 5.04. The Bertz CT molecular complexity index is 529. The van der Waals surface area contributed by atoms with Crippen LogP contribution < -0.4 is 5.32 Å². The summed E-state index contributed by atoms with van der Waals surface area (Å²) in [5.74, 6) is 5.97. The van der Waals surface area contributed by atoms with E-state index in [-0.39, 0.29) is 18.4 Å². The van der Waals surface area contributed by atoms with E-state index in [1.807, 2.05) is 32.0 Å². The predicted molar refractivity (Wildman–Crippen MR) is 84.0 cm³/mol. The molecule has 0 spiro atoms. The molecule has 4 nitrogen and oxygen atoms in total. The highest BCUT2D eigenvalue weighted by atomic mass is 16.5. The fourth-order valence-electron chi connectivity index (χ4n) is 1.95. The molecule has 0 aliphatic rings. The molecule has 0 fully saturated rings. The van der Waals surface area contributed by atoms with Gasteiger partial charge in [-0.1, -0.05) is 24.8 Å². The van der Waals surface area contributed by atoms with Crippen LogP contribution >= 0.6 is 0 Å². The number of nitrogens with one attached hydrogen (secondary N) is 1. The minimum absolute atomic E-state index is 0.0368. The molecule has 0 saturated carbocycles. The van der Waals surface area contributed by atoms with E-state index < -0.39 is 0 Å². The highest BCUT2D eigenvalue weighted by molar-refractivity contribution is 5.92. The van der Waals surface area contributed by atoms with Crippen LogP contribution in [0.2, 0.25) is 0 Å². The van der Waals surface area contributed by atoms with Crippen molar-refractivity contribution in [3.05, 3.63) is 29.3 Å². The second kappa shape index (κ2) is 9.17. The second-order valence-electron chi connectivity index (χ2n) is 5.14. The number of hydrogen-bond acceptors (Lipinski definition) is 3. The monoisotopic (exact) mass is 289 g/mol. The Morgan fingerprint density at radius 2 is 2.24 bits per heavy atom. The third-order valence-corrected chi connectivity index (χ3v) is 2.89. The van der Waals surface area contributed by atoms with E-state index in [2.05, 4.69) is 17.2 Å². The Labute approximate surface area is 126 Å². The number of methoxy groups -OCH3 is 1. The third-order valence-electron chi connectivity index (χ3n) is 2.89. The Kier molecular flexibility index (Phi) is 7.52. The van der Waals surface area contributed by atoms with E-state index in [1.165, 1.54) is 0 Å². The number of anilines is 1. The summed E-state index contributed by atoms with van der Waals surface area (Å²) in [6, 6.07) is 5.74. The van der Waals surface area contributed by atoms with E-state index in [1.54, 1.807) is 7.11 Å². The van der Waals surface area contributed by atoms with Gasteiger partial charge in [0.15, 0.2) is 0 Å². The van der Waals surface area contributed by atoms with E-state index in [0.29, 0.717) is 19.4 Å². The van der Waals surface area contributed by atoms with Crippen LogP contribution in [-0.2, 0) is 9.53 Å². The van der Waals surface area contributed by atoms with Crippen LogP contribution in [0.4, 0.5) is 5.69 Å². The maximum Gasteiger partial charge on any atom is 0.224 e. The van der Waals surface area contributed by atoms with Crippen molar-refractivity contribution in [2.45, 2.75) is 26.7 Å². The number of benzene rings is 1. The van der Waals surface area contributed by atoms with Crippen molar-refractivity contribution in [3.8, 4) is 11.8 Å². The first-order valence-corrected chi connectivity index (χ1v) is 7.06. The molecule has 0 aliphatic carbocycles. The first-order chi connectivity index (χ1) is 10.1. The summed E-state index contributed by atoms with van der Waals surface area (Å²) in [7, 11) is 1.63. The first kappa shape index (κ1) is 17.2. The summed E-state index contributed by atoms with van der Waals surface area (Å²) in [5.41, 5.74) is 2.54. The van der Waals surface area contributed by atoms with Gasteiger partial charge in [0.25, 0.3) is 0 Å². The summed E-state index contributed by atoms with van der Waals surface area (Å²) in [4.78, 5) is 12.0. The molecule has 114 valence electrons. The number of hydrogen-bond donors (Lipinski definition) is 2. The van der Waals surface area contributed by atoms with Gasteiger partial charge in [-0.15, -0.1) is 0 Å². The Morgan fingerprint density at radius 3 is 2.90 bits per heavy atom. The summed E-state index contributed by atoms with van der Waals surface area (Å²) >= 11 is 0. The van der Waals surface area contributed by atoms with Gasteiger partial charge in [-0.3, -0.25) is 4.79 Å². The van der Waals surface area contributed by atoms with Crippen molar-refractivity contribution in [3.63, 3.8) is 0 Å². The molecule has 0 bridgehead atoms. The van der Waals surface area contributed by atoms with Crippen molar-refractivity contribution in [1.82, 2.24) is 0 Å². The average Bonchev–Trinajstić information content (AvgIpc) is 2.41. The zero-order valence-electron chi connectivity index (χ0n) is 12.9. The van der Waals surface area contributed by atoms with Crippen LogP contribution in [0, 0.1) is 24.7 Å². The van der Waals surface area contributed by atoms with Crippen molar-refractivity contribution in [1.29, 1.82) is 0 Å². The molecule has 1 aromatic rings. The van der Waals surface area contributed by atoms with Crippen molar-refractivity contribution in [2.24, 2.45) is 5.92 Å². The van der Waals surface area contributed by atoms with Crippen LogP contribution in [0.5, 0.6) is 0 Å². The molecule has 0 aliphatic heterocycles. The third kappa shape index (κ3) is 6.44. The van der Waals surface area contributed by atoms with Gasteiger partial charge < -0.3 is 15.2 Å². The van der Waals surface area contributed by atoms with Crippen LogP contribution in [0.1, 0.15) is 30.9 Å². The SMILES string of the molecule is COCC(C)CC(=O)Nc1cc(C)ccc1C#CCCO. The molecular formula is C17H23NO3. The quantitative estimate of drug-likeness (QED) is 0.790. The van der Waals surface area contributed by atoms with Crippen molar-refractivity contribution < 1.29 is 14.6 Å². The molecule has 0 heterocycles. The van der Waals surface area contributed by atoms with Gasteiger partial charge in [0.05, 0.1) is 12.3 Å². The van der Waals surface area contributed by atoms with Gasteiger partial charge >= 0.3 is 0 Å². The lowest BCUT2D eigenvalue weighted by molar-refractivity contribution is -0.117. The van der Waals surface area contributed by atoms with E-state index in [4.69, 9.17) is 9.84 Å². The molecule has 0 radical (unpaired) electrons. The fourth-order valence-corrected chi connectivity index (χ4v) is 1.95. The second-order valence-corrected chi connectivity index (χ2v) is 5.14. The molecule has 1 atom stereocenters. The Hall–Kier alpha value is -1.83. The number of rotatable bonds is 6. The maximum atomic E-state index is 12.0. The smallest absolute Gasteiger partial charge is 0.224 e. The minimum atomic E-state index is -0.0460.